The molecule has 2 atom stereocenters. The summed E-state index contributed by atoms with van der Waals surface area (Å²) in [4.78, 5) is 0. The summed E-state index contributed by atoms with van der Waals surface area (Å²) in [5.41, 5.74) is 0. The van der Waals surface area contributed by atoms with Crippen LogP contribution in [0.4, 0.5) is 0 Å². The van der Waals surface area contributed by atoms with Crippen molar-refractivity contribution < 1.29 is 0 Å². The highest BCUT2D eigenvalue weighted by molar-refractivity contribution is 7.55. The van der Waals surface area contributed by atoms with E-state index in [1.807, 2.05) is 12.4 Å². The van der Waals surface area contributed by atoms with E-state index in [4.69, 9.17) is 10.5 Å². The predicted octanol–water partition coefficient (Wildman–Crippen LogP) is 11.6. The first kappa shape index (κ1) is 39.6. The molecule has 6 heteroatoms. The lowest BCUT2D eigenvalue weighted by molar-refractivity contribution is 0.548. The van der Waals surface area contributed by atoms with Gasteiger partial charge in [0.05, 0.1) is 0 Å². The summed E-state index contributed by atoms with van der Waals surface area (Å²) in [5, 5.41) is 22.7. The van der Waals surface area contributed by atoms with Gasteiger partial charge in [-0.15, -0.1) is 0 Å². The van der Waals surface area contributed by atoms with E-state index in [0.29, 0.717) is 0 Å². The fourth-order valence-electron chi connectivity index (χ4n) is 4.66. The summed E-state index contributed by atoms with van der Waals surface area (Å²) in [7, 11) is -0.459. The summed E-state index contributed by atoms with van der Waals surface area (Å²) in [5.74, 6) is 0. The number of nitriles is 2. The number of nitrogens with zero attached hydrogens (tertiary/aromatic N) is 2. The largest absolute Gasteiger partial charge is 0.303 e. The highest BCUT2D eigenvalue weighted by Crippen LogP contribution is 2.26. The smallest absolute Gasteiger partial charge is 0.180 e. The van der Waals surface area contributed by atoms with Gasteiger partial charge < -0.3 is 10.2 Å². The van der Waals surface area contributed by atoms with Gasteiger partial charge in [0.2, 0.25) is 0 Å². The van der Waals surface area contributed by atoms with Crippen LogP contribution >= 0.6 is 16.1 Å². The maximum Gasteiger partial charge on any atom is 0.180 e. The second-order valence-electron chi connectivity index (χ2n) is 11.1. The molecule has 0 aliphatic carbocycles. The van der Waals surface area contributed by atoms with Gasteiger partial charge in [-0.25, -0.2) is 0 Å². The van der Waals surface area contributed by atoms with Crippen molar-refractivity contribution in [2.75, 3.05) is 25.7 Å². The van der Waals surface area contributed by atoms with Crippen LogP contribution in [0.5, 0.6) is 0 Å². The van der Waals surface area contributed by atoms with Crippen molar-refractivity contribution in [3.8, 4) is 12.4 Å². The zero-order valence-corrected chi connectivity index (χ0v) is 28.0. The molecule has 0 bridgehead atoms. The van der Waals surface area contributed by atoms with Crippen molar-refractivity contribution in [2.24, 2.45) is 0 Å². The first-order valence-electron chi connectivity index (χ1n) is 16.3. The van der Waals surface area contributed by atoms with E-state index in [1.165, 1.54) is 166 Å². The van der Waals surface area contributed by atoms with Crippen molar-refractivity contribution in [1.82, 2.24) is 10.2 Å². The molecule has 4 nitrogen and oxygen atoms in total. The molecular weight excluding hydrogens is 502 g/mol. The zero-order chi connectivity index (χ0) is 28.4. The number of nitrogens with one attached hydrogen (secondary N) is 2. The van der Waals surface area contributed by atoms with Gasteiger partial charge in [-0.05, 0) is 54.6 Å². The molecule has 2 unspecified atom stereocenters. The summed E-state index contributed by atoms with van der Waals surface area (Å²) >= 11 is 0. The van der Waals surface area contributed by atoms with Gasteiger partial charge in [0, 0.05) is 0 Å². The van der Waals surface area contributed by atoms with Gasteiger partial charge in [-0.2, -0.15) is 10.5 Å². The van der Waals surface area contributed by atoms with Crippen LogP contribution in [-0.2, 0) is 0 Å². The Labute approximate surface area is 242 Å². The maximum absolute atomic E-state index is 8.48. The van der Waals surface area contributed by atoms with Crippen molar-refractivity contribution in [3.63, 3.8) is 0 Å². The molecule has 0 fully saturated rings. The minimum absolute atomic E-state index is 0.230. The Kier molecular flexibility index (Phi) is 38.0. The van der Waals surface area contributed by atoms with Crippen LogP contribution in [0.1, 0.15) is 168 Å². The standard InChI is InChI=1S/2C16H33N2P/c2*1-3-4-5-6-7-8-9-10-11-12-13-14-15-19(2)18-16-17/h2*18H,3-15H2,1-2H3. The molecule has 0 aliphatic rings. The van der Waals surface area contributed by atoms with Crippen LogP contribution in [0.2, 0.25) is 0 Å². The average molecular weight is 569 g/mol. The molecule has 224 valence electrons. The molecule has 0 heterocycles. The second kappa shape index (κ2) is 36.4. The highest BCUT2D eigenvalue weighted by Gasteiger charge is 2.00. The molecule has 0 aromatic heterocycles. The van der Waals surface area contributed by atoms with Gasteiger partial charge in [0.25, 0.3) is 0 Å². The van der Waals surface area contributed by atoms with Crippen LogP contribution in [0.15, 0.2) is 0 Å². The first-order valence-corrected chi connectivity index (χ1v) is 20.3. The topological polar surface area (TPSA) is 71.6 Å². The lowest BCUT2D eigenvalue weighted by Gasteiger charge is -2.08. The molecule has 0 aromatic carbocycles. The van der Waals surface area contributed by atoms with Crippen LogP contribution in [0, 0.1) is 22.9 Å². The fraction of sp³-hybridized carbons (Fsp3) is 0.938. The molecule has 0 amide bonds. The predicted molar refractivity (Wildman–Crippen MR) is 175 cm³/mol. The summed E-state index contributed by atoms with van der Waals surface area (Å²) in [6.45, 7) is 8.85. The molecule has 0 radical (unpaired) electrons. The van der Waals surface area contributed by atoms with E-state index in [1.54, 1.807) is 0 Å². The van der Waals surface area contributed by atoms with Crippen molar-refractivity contribution >= 4 is 16.1 Å². The second-order valence-corrected chi connectivity index (χ2v) is 15.2. The number of hydrogen-bond acceptors (Lipinski definition) is 4. The molecule has 0 saturated heterocycles. The quantitative estimate of drug-likeness (QED) is 0.0426. The van der Waals surface area contributed by atoms with Crippen molar-refractivity contribution in [2.45, 2.75) is 168 Å². The third-order valence-corrected chi connectivity index (χ3v) is 10.1. The number of unbranched alkanes of at least 4 members (excludes halogenated alkanes) is 22. The van der Waals surface area contributed by atoms with E-state index in [0.717, 1.165) is 0 Å². The van der Waals surface area contributed by atoms with E-state index in [9.17, 15) is 0 Å². The van der Waals surface area contributed by atoms with Gasteiger partial charge in [-0.1, -0.05) is 155 Å². The first-order chi connectivity index (χ1) is 18.6. The van der Waals surface area contributed by atoms with E-state index < -0.39 is 0 Å². The van der Waals surface area contributed by atoms with Gasteiger partial charge in [0.15, 0.2) is 12.4 Å². The third-order valence-electron chi connectivity index (χ3n) is 7.18. The van der Waals surface area contributed by atoms with Crippen molar-refractivity contribution in [1.29, 1.82) is 10.5 Å². The SMILES string of the molecule is CCCCCCCCCCCCCCP(C)NC#N.CCCCCCCCCCCCCCP(C)NC#N. The minimum Gasteiger partial charge on any atom is -0.303 e. The van der Waals surface area contributed by atoms with E-state index >= 15 is 0 Å². The Hall–Kier alpha value is -0.560. The Morgan fingerprint density at radius 1 is 0.395 bits per heavy atom. The Bertz CT molecular complexity index is 473. The lowest BCUT2D eigenvalue weighted by atomic mass is 10.1. The van der Waals surface area contributed by atoms with Crippen LogP contribution < -0.4 is 10.2 Å². The minimum atomic E-state index is -0.230. The molecule has 2 N–H and O–H groups in total. The van der Waals surface area contributed by atoms with E-state index in [2.05, 4.69) is 37.4 Å². The molecular formula is C32H66N4P2. The highest BCUT2D eigenvalue weighted by atomic mass is 31.1. The molecule has 0 spiro atoms. The summed E-state index contributed by atoms with van der Waals surface area (Å²) in [6, 6.07) is 0. The van der Waals surface area contributed by atoms with Crippen LogP contribution in [-0.4, -0.2) is 25.7 Å². The fourth-order valence-corrected chi connectivity index (χ4v) is 6.62. The van der Waals surface area contributed by atoms with Crippen LogP contribution in [0.3, 0.4) is 0 Å². The zero-order valence-electron chi connectivity index (χ0n) is 26.2. The molecule has 38 heavy (non-hydrogen) atoms. The maximum atomic E-state index is 8.48. The molecule has 0 rings (SSSR count). The van der Waals surface area contributed by atoms with Gasteiger partial charge in [-0.3, -0.25) is 0 Å². The molecule has 0 saturated carbocycles. The Balaban J connectivity index is 0. The molecule has 0 aliphatic heterocycles. The molecule has 0 aromatic rings. The summed E-state index contributed by atoms with van der Waals surface area (Å²) < 4.78 is 0. The number of hydrogen-bond donors (Lipinski definition) is 2. The lowest BCUT2D eigenvalue weighted by Crippen LogP contribution is -1.99. The van der Waals surface area contributed by atoms with E-state index in [-0.39, 0.29) is 16.1 Å². The van der Waals surface area contributed by atoms with Gasteiger partial charge >= 0.3 is 0 Å². The Morgan fingerprint density at radius 2 is 0.605 bits per heavy atom. The van der Waals surface area contributed by atoms with Crippen LogP contribution in [0.25, 0.3) is 0 Å². The average Bonchev–Trinajstić information content (AvgIpc) is 2.90. The van der Waals surface area contributed by atoms with Gasteiger partial charge in [0.1, 0.15) is 0 Å². The third kappa shape index (κ3) is 37.6. The Morgan fingerprint density at radius 3 is 0.816 bits per heavy atom. The normalized spacial score (nSPS) is 12.1. The number of rotatable bonds is 28. The van der Waals surface area contributed by atoms with Crippen molar-refractivity contribution in [3.05, 3.63) is 0 Å². The monoisotopic (exact) mass is 568 g/mol. The summed E-state index contributed by atoms with van der Waals surface area (Å²) in [6.07, 6.45) is 40.1.